The highest BCUT2D eigenvalue weighted by Crippen LogP contribution is 2.36. The number of hydrogen-bond acceptors (Lipinski definition) is 3. The minimum atomic E-state index is 0.444. The maximum Gasteiger partial charge on any atom is 0.0330 e. The fourth-order valence-corrected chi connectivity index (χ4v) is 3.29. The second-order valence-corrected chi connectivity index (χ2v) is 7.12. The lowest BCUT2D eigenvalue weighted by Gasteiger charge is -2.49. The van der Waals surface area contributed by atoms with Gasteiger partial charge >= 0.3 is 0 Å². The molecule has 2 atom stereocenters. The Morgan fingerprint density at radius 2 is 1.80 bits per heavy atom. The maximum atomic E-state index is 3.75. The van der Waals surface area contributed by atoms with Crippen molar-refractivity contribution in [3.05, 3.63) is 0 Å². The molecule has 1 N–H and O–H groups in total. The third kappa shape index (κ3) is 4.71. The van der Waals surface area contributed by atoms with Gasteiger partial charge in [-0.1, -0.05) is 27.2 Å². The van der Waals surface area contributed by atoms with Crippen molar-refractivity contribution in [3.63, 3.8) is 0 Å². The summed E-state index contributed by atoms with van der Waals surface area (Å²) in [5, 5.41) is 3.75. The van der Waals surface area contributed by atoms with Gasteiger partial charge in [0.05, 0.1) is 0 Å². The second kappa shape index (κ2) is 8.35. The van der Waals surface area contributed by atoms with Crippen LogP contribution in [-0.2, 0) is 0 Å². The summed E-state index contributed by atoms with van der Waals surface area (Å²) < 4.78 is 0. The Balaban J connectivity index is 2.50. The van der Waals surface area contributed by atoms with Gasteiger partial charge in [0.2, 0.25) is 0 Å². The average molecular weight is 284 g/mol. The van der Waals surface area contributed by atoms with E-state index in [1.54, 1.807) is 0 Å². The summed E-state index contributed by atoms with van der Waals surface area (Å²) in [6.07, 6.45) is 6.60. The Hall–Kier alpha value is -0.120. The number of rotatable bonds is 10. The molecule has 3 heteroatoms. The first-order valence-corrected chi connectivity index (χ1v) is 8.54. The Morgan fingerprint density at radius 3 is 2.20 bits per heavy atom. The predicted octanol–water partition coefficient (Wildman–Crippen LogP) is 2.82. The minimum absolute atomic E-state index is 0.444. The lowest BCUT2D eigenvalue weighted by Crippen LogP contribution is -2.58. The molecule has 1 fully saturated rings. The van der Waals surface area contributed by atoms with Crippen LogP contribution in [0.4, 0.5) is 0 Å². The number of nitrogens with one attached hydrogen (secondary N) is 1. The van der Waals surface area contributed by atoms with Crippen molar-refractivity contribution < 1.29 is 0 Å². The zero-order valence-electron chi connectivity index (χ0n) is 14.7. The highest BCUT2D eigenvalue weighted by Gasteiger charge is 2.40. The predicted molar refractivity (Wildman–Crippen MR) is 89.3 cm³/mol. The van der Waals surface area contributed by atoms with E-state index in [1.165, 1.54) is 45.2 Å². The fourth-order valence-electron chi connectivity index (χ4n) is 3.29. The first kappa shape index (κ1) is 17.9. The van der Waals surface area contributed by atoms with E-state index in [0.29, 0.717) is 11.6 Å². The van der Waals surface area contributed by atoms with Crippen molar-refractivity contribution in [2.24, 2.45) is 5.92 Å². The van der Waals surface area contributed by atoms with Gasteiger partial charge in [-0.3, -0.25) is 0 Å². The van der Waals surface area contributed by atoms with E-state index in [2.05, 4.69) is 57.0 Å². The van der Waals surface area contributed by atoms with Crippen molar-refractivity contribution in [2.75, 3.05) is 40.8 Å². The smallest absolute Gasteiger partial charge is 0.0330 e. The van der Waals surface area contributed by atoms with Gasteiger partial charge < -0.3 is 15.1 Å². The van der Waals surface area contributed by atoms with E-state index in [9.17, 15) is 0 Å². The summed E-state index contributed by atoms with van der Waals surface area (Å²) in [4.78, 5) is 5.00. The Morgan fingerprint density at radius 1 is 1.15 bits per heavy atom. The number of nitrogens with zero attached hydrogens (tertiary/aromatic N) is 2. The molecule has 0 amide bonds. The van der Waals surface area contributed by atoms with Gasteiger partial charge in [0.1, 0.15) is 0 Å². The summed E-state index contributed by atoms with van der Waals surface area (Å²) in [7, 11) is 6.79. The molecule has 1 rings (SSSR count). The first-order chi connectivity index (χ1) is 9.45. The Kier molecular flexibility index (Phi) is 7.49. The normalized spacial score (nSPS) is 21.0. The molecule has 0 aromatic rings. The molecular weight excluding hydrogens is 246 g/mol. The summed E-state index contributed by atoms with van der Waals surface area (Å²) >= 11 is 0. The van der Waals surface area contributed by atoms with Gasteiger partial charge in [-0.15, -0.1) is 0 Å². The van der Waals surface area contributed by atoms with E-state index in [4.69, 9.17) is 0 Å². The van der Waals surface area contributed by atoms with Crippen LogP contribution >= 0.6 is 0 Å². The van der Waals surface area contributed by atoms with Crippen LogP contribution in [-0.4, -0.2) is 62.2 Å². The highest BCUT2D eigenvalue weighted by atomic mass is 15.2. The van der Waals surface area contributed by atoms with Gasteiger partial charge in [-0.25, -0.2) is 0 Å². The van der Waals surface area contributed by atoms with Crippen molar-refractivity contribution in [2.45, 2.75) is 64.5 Å². The Bertz CT molecular complexity index is 261. The van der Waals surface area contributed by atoms with Gasteiger partial charge in [0.25, 0.3) is 0 Å². The maximum absolute atomic E-state index is 3.75. The summed E-state index contributed by atoms with van der Waals surface area (Å²) in [6, 6.07) is 0.629. The molecule has 0 aliphatic heterocycles. The zero-order valence-corrected chi connectivity index (χ0v) is 14.7. The second-order valence-electron chi connectivity index (χ2n) is 7.12. The quantitative estimate of drug-likeness (QED) is 0.665. The third-order valence-corrected chi connectivity index (χ3v) is 5.29. The number of hydrogen-bond donors (Lipinski definition) is 1. The minimum Gasteiger partial charge on any atom is -0.312 e. The van der Waals surface area contributed by atoms with Gasteiger partial charge in [0, 0.05) is 24.7 Å². The molecule has 1 aliphatic carbocycles. The lowest BCUT2D eigenvalue weighted by atomic mass is 9.75. The fraction of sp³-hybridized carbons (Fsp3) is 1.00. The number of likely N-dealkylation sites (N-methyl/N-ethyl adjacent to an activating group) is 2. The van der Waals surface area contributed by atoms with Crippen LogP contribution in [0.2, 0.25) is 0 Å². The summed E-state index contributed by atoms with van der Waals surface area (Å²) in [5.74, 6) is 0.751. The van der Waals surface area contributed by atoms with E-state index < -0.39 is 0 Å². The molecule has 0 bridgehead atoms. The van der Waals surface area contributed by atoms with Crippen LogP contribution in [0.3, 0.4) is 0 Å². The largest absolute Gasteiger partial charge is 0.312 e. The van der Waals surface area contributed by atoms with Crippen LogP contribution < -0.4 is 5.32 Å². The molecule has 1 saturated carbocycles. The molecule has 0 radical (unpaired) electrons. The first-order valence-electron chi connectivity index (χ1n) is 8.54. The van der Waals surface area contributed by atoms with Gasteiger partial charge in [0.15, 0.2) is 0 Å². The molecule has 0 heterocycles. The molecule has 0 saturated heterocycles. The lowest BCUT2D eigenvalue weighted by molar-refractivity contribution is 0.0239. The summed E-state index contributed by atoms with van der Waals surface area (Å²) in [6.45, 7) is 10.5. The van der Waals surface area contributed by atoms with E-state index in [0.717, 1.165) is 12.5 Å². The molecule has 120 valence electrons. The van der Waals surface area contributed by atoms with Crippen LogP contribution in [0.15, 0.2) is 0 Å². The Labute approximate surface area is 127 Å². The van der Waals surface area contributed by atoms with Crippen molar-refractivity contribution in [1.29, 1.82) is 0 Å². The van der Waals surface area contributed by atoms with E-state index in [-0.39, 0.29) is 0 Å². The molecular formula is C17H37N3. The SMILES string of the molecule is CCCNC(CN(C)CC1(N(C)C)CCC1)C(C)CC. The molecule has 0 spiro atoms. The van der Waals surface area contributed by atoms with Crippen LogP contribution in [0.25, 0.3) is 0 Å². The molecule has 1 aliphatic rings. The van der Waals surface area contributed by atoms with Crippen LogP contribution in [0.5, 0.6) is 0 Å². The molecule has 0 aromatic heterocycles. The van der Waals surface area contributed by atoms with Crippen molar-refractivity contribution in [3.8, 4) is 0 Å². The monoisotopic (exact) mass is 283 g/mol. The van der Waals surface area contributed by atoms with Gasteiger partial charge in [-0.2, -0.15) is 0 Å². The van der Waals surface area contributed by atoms with E-state index in [1.807, 2.05) is 0 Å². The third-order valence-electron chi connectivity index (χ3n) is 5.29. The molecule has 2 unspecified atom stereocenters. The van der Waals surface area contributed by atoms with Crippen LogP contribution in [0.1, 0.15) is 52.9 Å². The van der Waals surface area contributed by atoms with Gasteiger partial charge in [-0.05, 0) is 59.3 Å². The molecule has 0 aromatic carbocycles. The summed E-state index contributed by atoms with van der Waals surface area (Å²) in [5.41, 5.74) is 0.444. The molecule has 3 nitrogen and oxygen atoms in total. The molecule has 20 heavy (non-hydrogen) atoms. The van der Waals surface area contributed by atoms with E-state index >= 15 is 0 Å². The average Bonchev–Trinajstić information content (AvgIpc) is 2.37. The van der Waals surface area contributed by atoms with Crippen molar-refractivity contribution in [1.82, 2.24) is 15.1 Å². The highest BCUT2D eigenvalue weighted by molar-refractivity contribution is 4.98. The van der Waals surface area contributed by atoms with Crippen molar-refractivity contribution >= 4 is 0 Å². The zero-order chi connectivity index (χ0) is 15.2. The standard InChI is InChI=1S/C17H37N3/c1-7-12-18-16(15(3)8-2)13-20(6)14-17(19(4)5)10-9-11-17/h15-16,18H,7-14H2,1-6H3. The topological polar surface area (TPSA) is 18.5 Å². The van der Waals surface area contributed by atoms with Crippen LogP contribution in [0, 0.1) is 5.92 Å².